The molecular formula is C14H21NO4. The summed E-state index contributed by atoms with van der Waals surface area (Å²) in [7, 11) is 7.06. The number of ether oxygens (including phenoxy) is 2. The van der Waals surface area contributed by atoms with Crippen LogP contribution in [-0.4, -0.2) is 44.3 Å². The van der Waals surface area contributed by atoms with E-state index < -0.39 is 5.97 Å². The molecule has 0 saturated carbocycles. The van der Waals surface area contributed by atoms with Crippen molar-refractivity contribution in [3.05, 3.63) is 23.8 Å². The number of nitrogens with zero attached hydrogens (tertiary/aromatic N) is 1. The fourth-order valence-electron chi connectivity index (χ4n) is 2.05. The van der Waals surface area contributed by atoms with E-state index in [2.05, 4.69) is 0 Å². The van der Waals surface area contributed by atoms with Gasteiger partial charge in [-0.1, -0.05) is 0 Å². The van der Waals surface area contributed by atoms with Crippen molar-refractivity contribution in [2.45, 2.75) is 18.9 Å². The molecule has 5 heteroatoms. The molecule has 0 aliphatic rings. The molecule has 0 aromatic heterocycles. The summed E-state index contributed by atoms with van der Waals surface area (Å²) >= 11 is 0. The molecule has 0 aliphatic heterocycles. The third-order valence-corrected chi connectivity index (χ3v) is 3.05. The number of hydrogen-bond donors (Lipinski definition) is 1. The van der Waals surface area contributed by atoms with E-state index in [-0.39, 0.29) is 12.5 Å². The van der Waals surface area contributed by atoms with E-state index >= 15 is 0 Å². The average molecular weight is 267 g/mol. The Balaban J connectivity index is 3.08. The van der Waals surface area contributed by atoms with E-state index in [1.807, 2.05) is 37.2 Å². The molecule has 5 nitrogen and oxygen atoms in total. The topological polar surface area (TPSA) is 59.0 Å². The normalized spacial score (nSPS) is 12.3. The second kappa shape index (κ2) is 6.99. The molecular weight excluding hydrogens is 246 g/mol. The summed E-state index contributed by atoms with van der Waals surface area (Å²) in [4.78, 5) is 12.7. The summed E-state index contributed by atoms with van der Waals surface area (Å²) in [6.07, 6.45) is 0.634. The first-order valence-electron chi connectivity index (χ1n) is 6.09. The lowest BCUT2D eigenvalue weighted by Gasteiger charge is -2.26. The van der Waals surface area contributed by atoms with Gasteiger partial charge in [0.05, 0.1) is 14.2 Å². The SMILES string of the molecule is COc1ccc(OC)c(C(CCC(=O)O)N(C)C)c1. The quantitative estimate of drug-likeness (QED) is 0.820. The van der Waals surface area contributed by atoms with Gasteiger partial charge in [0.25, 0.3) is 0 Å². The van der Waals surface area contributed by atoms with Gasteiger partial charge in [0, 0.05) is 18.0 Å². The van der Waals surface area contributed by atoms with Crippen molar-refractivity contribution in [1.82, 2.24) is 4.90 Å². The monoisotopic (exact) mass is 267 g/mol. The lowest BCUT2D eigenvalue weighted by atomic mass is 9.99. The van der Waals surface area contributed by atoms with Crippen molar-refractivity contribution in [1.29, 1.82) is 0 Å². The highest BCUT2D eigenvalue weighted by Gasteiger charge is 2.20. The molecule has 0 bridgehead atoms. The minimum absolute atomic E-state index is 0.0267. The number of benzene rings is 1. The second-order valence-electron chi connectivity index (χ2n) is 4.52. The smallest absolute Gasteiger partial charge is 0.303 e. The Hall–Kier alpha value is -1.75. The Kier molecular flexibility index (Phi) is 5.63. The highest BCUT2D eigenvalue weighted by molar-refractivity contribution is 5.66. The molecule has 1 atom stereocenters. The van der Waals surface area contributed by atoms with Crippen LogP contribution in [-0.2, 0) is 4.79 Å². The molecule has 0 spiro atoms. The molecule has 1 unspecified atom stereocenters. The number of hydrogen-bond acceptors (Lipinski definition) is 4. The zero-order valence-corrected chi connectivity index (χ0v) is 11.8. The highest BCUT2D eigenvalue weighted by Crippen LogP contribution is 2.34. The van der Waals surface area contributed by atoms with Gasteiger partial charge in [-0.05, 0) is 38.7 Å². The molecule has 1 rings (SSSR count). The van der Waals surface area contributed by atoms with Crippen LogP contribution < -0.4 is 9.47 Å². The first kappa shape index (κ1) is 15.3. The Morgan fingerprint density at radius 1 is 1.32 bits per heavy atom. The Labute approximate surface area is 113 Å². The van der Waals surface area contributed by atoms with Gasteiger partial charge in [0.2, 0.25) is 0 Å². The predicted octanol–water partition coefficient (Wildman–Crippen LogP) is 2.17. The maximum absolute atomic E-state index is 10.8. The lowest BCUT2D eigenvalue weighted by molar-refractivity contribution is -0.137. The van der Waals surface area contributed by atoms with Crippen molar-refractivity contribution in [2.75, 3.05) is 28.3 Å². The first-order valence-corrected chi connectivity index (χ1v) is 6.09. The van der Waals surface area contributed by atoms with Gasteiger partial charge in [-0.2, -0.15) is 0 Å². The number of carbonyl (C=O) groups is 1. The van der Waals surface area contributed by atoms with Crippen LogP contribution in [0.3, 0.4) is 0 Å². The maximum atomic E-state index is 10.8. The van der Waals surface area contributed by atoms with Crippen molar-refractivity contribution >= 4 is 5.97 Å². The van der Waals surface area contributed by atoms with E-state index in [4.69, 9.17) is 14.6 Å². The maximum Gasteiger partial charge on any atom is 0.303 e. The fourth-order valence-corrected chi connectivity index (χ4v) is 2.05. The Morgan fingerprint density at radius 3 is 2.47 bits per heavy atom. The third kappa shape index (κ3) is 4.13. The van der Waals surface area contributed by atoms with Gasteiger partial charge >= 0.3 is 5.97 Å². The number of carboxylic acids is 1. The van der Waals surface area contributed by atoms with Crippen LogP contribution in [0.2, 0.25) is 0 Å². The highest BCUT2D eigenvalue weighted by atomic mass is 16.5. The van der Waals surface area contributed by atoms with Crippen molar-refractivity contribution in [3.63, 3.8) is 0 Å². The van der Waals surface area contributed by atoms with E-state index in [0.717, 1.165) is 17.1 Å². The number of rotatable bonds is 7. The van der Waals surface area contributed by atoms with Gasteiger partial charge < -0.3 is 19.5 Å². The standard InChI is InChI=1S/C14H21NO4/c1-15(2)12(6-8-14(16)17)11-9-10(18-3)5-7-13(11)19-4/h5,7,9,12H,6,8H2,1-4H3,(H,16,17). The van der Waals surface area contributed by atoms with E-state index in [9.17, 15) is 4.79 Å². The van der Waals surface area contributed by atoms with Crippen molar-refractivity contribution in [2.24, 2.45) is 0 Å². The predicted molar refractivity (Wildman–Crippen MR) is 72.8 cm³/mol. The van der Waals surface area contributed by atoms with E-state index in [0.29, 0.717) is 6.42 Å². The average Bonchev–Trinajstić information content (AvgIpc) is 2.38. The lowest BCUT2D eigenvalue weighted by Crippen LogP contribution is -2.21. The molecule has 106 valence electrons. The van der Waals surface area contributed by atoms with Crippen LogP contribution in [0.5, 0.6) is 11.5 Å². The van der Waals surface area contributed by atoms with Gasteiger partial charge in [0.15, 0.2) is 0 Å². The summed E-state index contributed by atoms with van der Waals surface area (Å²) in [6.45, 7) is 0. The molecule has 0 saturated heterocycles. The third-order valence-electron chi connectivity index (χ3n) is 3.05. The molecule has 19 heavy (non-hydrogen) atoms. The number of carboxylic acid groups (broad SMARTS) is 1. The summed E-state index contributed by atoms with van der Waals surface area (Å²) < 4.78 is 10.6. The molecule has 0 aliphatic carbocycles. The second-order valence-corrected chi connectivity index (χ2v) is 4.52. The molecule has 1 aromatic rings. The van der Waals surface area contributed by atoms with Crippen LogP contribution in [0.25, 0.3) is 0 Å². The van der Waals surface area contributed by atoms with Crippen LogP contribution in [0, 0.1) is 0 Å². The number of aliphatic carboxylic acids is 1. The molecule has 1 N–H and O–H groups in total. The van der Waals surface area contributed by atoms with Gasteiger partial charge in [-0.3, -0.25) is 4.79 Å². The van der Waals surface area contributed by atoms with Gasteiger partial charge in [-0.15, -0.1) is 0 Å². The molecule has 0 radical (unpaired) electrons. The summed E-state index contributed by atoms with van der Waals surface area (Å²) in [5, 5.41) is 8.84. The van der Waals surface area contributed by atoms with Gasteiger partial charge in [0.1, 0.15) is 11.5 Å². The minimum Gasteiger partial charge on any atom is -0.497 e. The molecule has 0 fully saturated rings. The van der Waals surface area contributed by atoms with Crippen molar-refractivity contribution < 1.29 is 19.4 Å². The Bertz CT molecular complexity index is 431. The minimum atomic E-state index is -0.797. The zero-order valence-electron chi connectivity index (χ0n) is 11.8. The van der Waals surface area contributed by atoms with Crippen LogP contribution in [0.15, 0.2) is 18.2 Å². The summed E-state index contributed by atoms with van der Waals surface area (Å²) in [5.41, 5.74) is 0.938. The summed E-state index contributed by atoms with van der Waals surface area (Å²) in [5.74, 6) is 0.677. The number of methoxy groups -OCH3 is 2. The van der Waals surface area contributed by atoms with Crippen LogP contribution in [0.4, 0.5) is 0 Å². The molecule has 1 aromatic carbocycles. The molecule has 0 amide bonds. The van der Waals surface area contributed by atoms with E-state index in [1.54, 1.807) is 14.2 Å². The van der Waals surface area contributed by atoms with E-state index in [1.165, 1.54) is 0 Å². The summed E-state index contributed by atoms with van der Waals surface area (Å²) in [6, 6.07) is 5.53. The largest absolute Gasteiger partial charge is 0.497 e. The van der Waals surface area contributed by atoms with Crippen LogP contribution >= 0.6 is 0 Å². The zero-order chi connectivity index (χ0) is 14.4. The first-order chi connectivity index (χ1) is 8.99. The fraction of sp³-hybridized carbons (Fsp3) is 0.500. The molecule has 0 heterocycles. The Morgan fingerprint density at radius 2 is 2.00 bits per heavy atom. The van der Waals surface area contributed by atoms with Crippen molar-refractivity contribution in [3.8, 4) is 11.5 Å². The van der Waals surface area contributed by atoms with Gasteiger partial charge in [-0.25, -0.2) is 0 Å². The van der Waals surface area contributed by atoms with Crippen LogP contribution in [0.1, 0.15) is 24.4 Å².